The smallest absolute Gasteiger partial charge is 0.251 e. The molecule has 0 aliphatic carbocycles. The molecule has 3 heterocycles. The summed E-state index contributed by atoms with van der Waals surface area (Å²) in [6, 6.07) is 6.13. The number of aromatic amines is 1. The molecule has 4 nitrogen and oxygen atoms in total. The van der Waals surface area contributed by atoms with Crippen molar-refractivity contribution in [2.75, 3.05) is 0 Å². The normalized spacial score (nSPS) is 10.9. The Hall–Kier alpha value is -2.14. The van der Waals surface area contributed by atoms with Crippen molar-refractivity contribution in [2.24, 2.45) is 0 Å². The maximum atomic E-state index is 11.7. The lowest BCUT2D eigenvalue weighted by molar-refractivity contribution is 1.00. The summed E-state index contributed by atoms with van der Waals surface area (Å²) in [5.41, 5.74) is 2.84. The lowest BCUT2D eigenvalue weighted by atomic mass is 10.1. The zero-order valence-electron chi connectivity index (χ0n) is 11.4. The lowest BCUT2D eigenvalue weighted by Crippen LogP contribution is -2.12. The number of rotatable bonds is 3. The van der Waals surface area contributed by atoms with E-state index < -0.39 is 0 Å². The fraction of sp³-hybridized carbons (Fsp3) is 0.200. The van der Waals surface area contributed by atoms with E-state index >= 15 is 0 Å². The first-order valence-electron chi connectivity index (χ1n) is 6.50. The van der Waals surface area contributed by atoms with E-state index in [4.69, 9.17) is 0 Å². The van der Waals surface area contributed by atoms with Crippen molar-refractivity contribution in [1.29, 1.82) is 0 Å². The summed E-state index contributed by atoms with van der Waals surface area (Å²) in [5, 5.41) is 1.11. The first-order chi connectivity index (χ1) is 9.69. The molecule has 0 fully saturated rings. The Morgan fingerprint density at radius 2 is 2.25 bits per heavy atom. The minimum atomic E-state index is -0.00279. The van der Waals surface area contributed by atoms with Gasteiger partial charge in [-0.3, -0.25) is 9.36 Å². The molecule has 0 amide bonds. The van der Waals surface area contributed by atoms with E-state index in [1.54, 1.807) is 23.9 Å². The summed E-state index contributed by atoms with van der Waals surface area (Å²) in [6.07, 6.45) is 6.28. The monoisotopic (exact) mass is 285 g/mol. The lowest BCUT2D eigenvalue weighted by Gasteiger charge is -2.06. The van der Waals surface area contributed by atoms with Crippen LogP contribution in [0.5, 0.6) is 0 Å². The molecule has 1 N–H and O–H groups in total. The molecular weight excluding hydrogens is 270 g/mol. The molecule has 3 rings (SSSR count). The largest absolute Gasteiger partial charge is 0.325 e. The predicted octanol–water partition coefficient (Wildman–Crippen LogP) is 3.16. The van der Waals surface area contributed by atoms with E-state index in [0.29, 0.717) is 0 Å². The molecule has 0 atom stereocenters. The van der Waals surface area contributed by atoms with Gasteiger partial charge in [0.05, 0.1) is 6.33 Å². The SMILES string of the molecule is CCc1[nH]c(=O)c(C)cc1-c1ccc(-n2ccnc2)s1. The van der Waals surface area contributed by atoms with Crippen molar-refractivity contribution in [3.63, 3.8) is 0 Å². The standard InChI is InChI=1S/C15H15N3OS/c1-3-12-11(8-10(2)15(19)17-12)13-4-5-14(20-13)18-7-6-16-9-18/h4-9H,3H2,1-2H3,(H,17,19). The van der Waals surface area contributed by atoms with Crippen molar-refractivity contribution in [1.82, 2.24) is 14.5 Å². The predicted molar refractivity (Wildman–Crippen MR) is 81.6 cm³/mol. The van der Waals surface area contributed by atoms with Crippen LogP contribution in [-0.2, 0) is 6.42 Å². The Kier molecular flexibility index (Phi) is 3.28. The molecule has 0 unspecified atom stereocenters. The number of imidazole rings is 1. The number of aryl methyl sites for hydroxylation is 2. The van der Waals surface area contributed by atoms with Crippen LogP contribution in [0.15, 0.2) is 41.7 Å². The van der Waals surface area contributed by atoms with Gasteiger partial charge < -0.3 is 4.98 Å². The average molecular weight is 285 g/mol. The van der Waals surface area contributed by atoms with Crippen LogP contribution in [0.3, 0.4) is 0 Å². The number of nitrogens with zero attached hydrogens (tertiary/aromatic N) is 2. The molecule has 0 saturated heterocycles. The molecule has 0 aromatic carbocycles. The highest BCUT2D eigenvalue weighted by Gasteiger charge is 2.10. The fourth-order valence-corrected chi connectivity index (χ4v) is 3.17. The molecule has 0 aliphatic heterocycles. The fourth-order valence-electron chi connectivity index (χ4n) is 2.17. The van der Waals surface area contributed by atoms with E-state index in [-0.39, 0.29) is 5.56 Å². The van der Waals surface area contributed by atoms with Gasteiger partial charge in [-0.2, -0.15) is 0 Å². The second-order valence-corrected chi connectivity index (χ2v) is 5.70. The zero-order valence-corrected chi connectivity index (χ0v) is 12.2. The van der Waals surface area contributed by atoms with Gasteiger partial charge in [0, 0.05) is 34.1 Å². The van der Waals surface area contributed by atoms with Crippen LogP contribution in [0.4, 0.5) is 0 Å². The Balaban J connectivity index is 2.10. The number of aromatic nitrogens is 3. The van der Waals surface area contributed by atoms with Crippen molar-refractivity contribution in [3.8, 4) is 15.4 Å². The molecular formula is C15H15N3OS. The third-order valence-electron chi connectivity index (χ3n) is 3.28. The van der Waals surface area contributed by atoms with Gasteiger partial charge in [0.15, 0.2) is 0 Å². The number of thiophene rings is 1. The molecule has 20 heavy (non-hydrogen) atoms. The molecule has 3 aromatic rings. The molecule has 0 spiro atoms. The van der Waals surface area contributed by atoms with Crippen molar-refractivity contribution in [3.05, 3.63) is 58.5 Å². The van der Waals surface area contributed by atoms with Gasteiger partial charge in [-0.15, -0.1) is 11.3 Å². The second-order valence-electron chi connectivity index (χ2n) is 4.64. The van der Waals surface area contributed by atoms with Crippen LogP contribution in [0, 0.1) is 6.92 Å². The zero-order chi connectivity index (χ0) is 14.1. The number of hydrogen-bond acceptors (Lipinski definition) is 3. The first kappa shape index (κ1) is 12.9. The van der Waals surface area contributed by atoms with Crippen LogP contribution in [-0.4, -0.2) is 14.5 Å². The number of H-pyrrole nitrogens is 1. The van der Waals surface area contributed by atoms with Crippen molar-refractivity contribution >= 4 is 11.3 Å². The van der Waals surface area contributed by atoms with E-state index in [1.165, 1.54) is 0 Å². The molecule has 0 saturated carbocycles. The van der Waals surface area contributed by atoms with Crippen molar-refractivity contribution < 1.29 is 0 Å². The quantitative estimate of drug-likeness (QED) is 0.803. The maximum Gasteiger partial charge on any atom is 0.251 e. The number of hydrogen-bond donors (Lipinski definition) is 1. The maximum absolute atomic E-state index is 11.7. The van der Waals surface area contributed by atoms with Gasteiger partial charge >= 0.3 is 0 Å². The Morgan fingerprint density at radius 3 is 2.95 bits per heavy atom. The summed E-state index contributed by atoms with van der Waals surface area (Å²) in [7, 11) is 0. The van der Waals surface area contributed by atoms with Gasteiger partial charge in [0.2, 0.25) is 0 Å². The van der Waals surface area contributed by atoms with E-state index in [2.05, 4.69) is 29.0 Å². The Labute approximate surface area is 120 Å². The molecule has 0 bridgehead atoms. The highest BCUT2D eigenvalue weighted by molar-refractivity contribution is 7.17. The first-order valence-corrected chi connectivity index (χ1v) is 7.32. The topological polar surface area (TPSA) is 50.7 Å². The highest BCUT2D eigenvalue weighted by Crippen LogP contribution is 2.32. The van der Waals surface area contributed by atoms with Gasteiger partial charge in [-0.05, 0) is 31.5 Å². The van der Waals surface area contributed by atoms with Gasteiger partial charge in [0.25, 0.3) is 5.56 Å². The minimum absolute atomic E-state index is 0.00279. The van der Waals surface area contributed by atoms with Crippen LogP contribution >= 0.6 is 11.3 Å². The summed E-state index contributed by atoms with van der Waals surface area (Å²) in [4.78, 5) is 19.9. The highest BCUT2D eigenvalue weighted by atomic mass is 32.1. The summed E-state index contributed by atoms with van der Waals surface area (Å²) < 4.78 is 1.98. The van der Waals surface area contributed by atoms with Crippen LogP contribution in [0.25, 0.3) is 15.4 Å². The molecule has 5 heteroatoms. The van der Waals surface area contributed by atoms with Crippen LogP contribution in [0.1, 0.15) is 18.2 Å². The number of nitrogens with one attached hydrogen (secondary N) is 1. The van der Waals surface area contributed by atoms with Crippen molar-refractivity contribution in [2.45, 2.75) is 20.3 Å². The average Bonchev–Trinajstić information content (AvgIpc) is 3.10. The minimum Gasteiger partial charge on any atom is -0.325 e. The summed E-state index contributed by atoms with van der Waals surface area (Å²) >= 11 is 1.69. The second kappa shape index (κ2) is 5.09. The number of pyridine rings is 1. The van der Waals surface area contributed by atoms with E-state index in [0.717, 1.165) is 33.1 Å². The molecule has 102 valence electrons. The van der Waals surface area contributed by atoms with E-state index in [9.17, 15) is 4.79 Å². The summed E-state index contributed by atoms with van der Waals surface area (Å²) in [5.74, 6) is 0. The van der Waals surface area contributed by atoms with Gasteiger partial charge in [-0.25, -0.2) is 4.98 Å². The third-order valence-corrected chi connectivity index (χ3v) is 4.41. The molecule has 0 aliphatic rings. The third kappa shape index (κ3) is 2.20. The van der Waals surface area contributed by atoms with Gasteiger partial charge in [-0.1, -0.05) is 6.92 Å². The molecule has 0 radical (unpaired) electrons. The van der Waals surface area contributed by atoms with Crippen LogP contribution in [0.2, 0.25) is 0 Å². The Morgan fingerprint density at radius 1 is 1.40 bits per heavy atom. The Bertz CT molecular complexity index is 784. The molecule has 3 aromatic heterocycles. The van der Waals surface area contributed by atoms with Crippen LogP contribution < -0.4 is 5.56 Å². The van der Waals surface area contributed by atoms with Gasteiger partial charge in [0.1, 0.15) is 5.00 Å². The van der Waals surface area contributed by atoms with E-state index in [1.807, 2.05) is 23.8 Å². The summed E-state index contributed by atoms with van der Waals surface area (Å²) in [6.45, 7) is 3.89.